The van der Waals surface area contributed by atoms with Crippen LogP contribution in [0.25, 0.3) is 5.52 Å². The Hall–Kier alpha value is -1.56. The second kappa shape index (κ2) is 2.71. The number of pyridine rings is 1. The first kappa shape index (κ1) is 9.01. The molecule has 0 bridgehead atoms. The number of hydrogen-bond acceptors (Lipinski definition) is 4. The van der Waals surface area contributed by atoms with Gasteiger partial charge in [-0.25, -0.2) is 12.9 Å². The molecule has 0 saturated carbocycles. The third-order valence-electron chi connectivity index (χ3n) is 1.81. The summed E-state index contributed by atoms with van der Waals surface area (Å²) in [6.07, 6.45) is 2.70. The van der Waals surface area contributed by atoms with Crippen molar-refractivity contribution in [2.45, 2.75) is 5.03 Å². The van der Waals surface area contributed by atoms with Crippen molar-refractivity contribution in [2.75, 3.05) is 12.0 Å². The van der Waals surface area contributed by atoms with E-state index in [9.17, 15) is 8.42 Å². The van der Waals surface area contributed by atoms with Crippen molar-refractivity contribution in [2.24, 2.45) is 0 Å². The zero-order valence-electron chi connectivity index (χ0n) is 7.43. The van der Waals surface area contributed by atoms with Crippen LogP contribution in [-0.4, -0.2) is 24.3 Å². The Bertz CT molecular complexity index is 586. The Labute approximate surface area is 81.1 Å². The molecule has 2 aromatic heterocycles. The normalized spacial score (nSPS) is 12.1. The van der Waals surface area contributed by atoms with Gasteiger partial charge in [0.25, 0.3) is 0 Å². The fourth-order valence-corrected chi connectivity index (χ4v) is 1.94. The highest BCUT2D eigenvalue weighted by molar-refractivity contribution is 7.90. The van der Waals surface area contributed by atoms with Gasteiger partial charge in [-0.05, 0) is 6.07 Å². The van der Waals surface area contributed by atoms with Crippen LogP contribution in [0, 0.1) is 6.07 Å². The Morgan fingerprint density at radius 1 is 1.57 bits per heavy atom. The van der Waals surface area contributed by atoms with Crippen molar-refractivity contribution in [1.29, 1.82) is 0 Å². The molecule has 1 radical (unpaired) electrons. The summed E-state index contributed by atoms with van der Waals surface area (Å²) in [6, 6.07) is 6.17. The second-order valence-corrected chi connectivity index (χ2v) is 4.87. The molecule has 0 aromatic carbocycles. The van der Waals surface area contributed by atoms with Gasteiger partial charge in [0.1, 0.15) is 0 Å². The average molecular weight is 210 g/mol. The van der Waals surface area contributed by atoms with Gasteiger partial charge in [0.05, 0.1) is 11.2 Å². The van der Waals surface area contributed by atoms with E-state index in [4.69, 9.17) is 5.73 Å². The zero-order valence-corrected chi connectivity index (χ0v) is 8.25. The standard InChI is InChI=1S/C8H8N3O2S/c1-14(12,13)8-7(9)6-4-2-3-5-11(6)10-8/h2-3,5H,9H2,1H3. The maximum atomic E-state index is 11.3. The Kier molecular flexibility index (Phi) is 1.75. The van der Waals surface area contributed by atoms with Crippen molar-refractivity contribution >= 4 is 21.0 Å². The molecule has 14 heavy (non-hydrogen) atoms. The Morgan fingerprint density at radius 3 is 2.86 bits per heavy atom. The van der Waals surface area contributed by atoms with Crippen LogP contribution in [-0.2, 0) is 9.84 Å². The smallest absolute Gasteiger partial charge is 0.200 e. The monoisotopic (exact) mass is 210 g/mol. The van der Waals surface area contributed by atoms with Gasteiger partial charge >= 0.3 is 0 Å². The third-order valence-corrected chi connectivity index (χ3v) is 2.81. The van der Waals surface area contributed by atoms with Gasteiger partial charge < -0.3 is 5.73 Å². The van der Waals surface area contributed by atoms with E-state index < -0.39 is 9.84 Å². The second-order valence-electron chi connectivity index (χ2n) is 2.94. The summed E-state index contributed by atoms with van der Waals surface area (Å²) in [4.78, 5) is 0. The molecule has 2 heterocycles. The summed E-state index contributed by atoms with van der Waals surface area (Å²) < 4.78 is 23.9. The zero-order chi connectivity index (χ0) is 10.3. The maximum absolute atomic E-state index is 11.3. The van der Waals surface area contributed by atoms with E-state index in [1.165, 1.54) is 4.52 Å². The van der Waals surface area contributed by atoms with E-state index in [1.54, 1.807) is 18.3 Å². The van der Waals surface area contributed by atoms with E-state index in [0.29, 0.717) is 5.52 Å². The molecule has 2 rings (SSSR count). The Balaban J connectivity index is 2.89. The molecule has 2 aromatic rings. The molecule has 0 aliphatic heterocycles. The van der Waals surface area contributed by atoms with Crippen LogP contribution in [0.1, 0.15) is 0 Å². The molecule has 5 nitrogen and oxygen atoms in total. The molecule has 0 spiro atoms. The minimum absolute atomic E-state index is 0.0973. The van der Waals surface area contributed by atoms with Gasteiger partial charge in [0.15, 0.2) is 9.84 Å². The van der Waals surface area contributed by atoms with Crippen molar-refractivity contribution in [3.05, 3.63) is 24.4 Å². The lowest BCUT2D eigenvalue weighted by molar-refractivity contribution is 0.597. The predicted octanol–water partition coefficient (Wildman–Crippen LogP) is 0.120. The number of fused-ring (bicyclic) bond motifs is 1. The lowest BCUT2D eigenvalue weighted by Crippen LogP contribution is -2.01. The van der Waals surface area contributed by atoms with Gasteiger partial charge in [-0.3, -0.25) is 0 Å². The molecule has 0 saturated heterocycles. The molecular weight excluding hydrogens is 202 g/mol. The minimum Gasteiger partial charge on any atom is -0.395 e. The van der Waals surface area contributed by atoms with E-state index in [0.717, 1.165) is 6.26 Å². The Morgan fingerprint density at radius 2 is 2.29 bits per heavy atom. The van der Waals surface area contributed by atoms with E-state index in [2.05, 4.69) is 11.2 Å². The number of sulfone groups is 1. The average Bonchev–Trinajstić information content (AvgIpc) is 2.44. The molecule has 2 N–H and O–H groups in total. The minimum atomic E-state index is -3.37. The van der Waals surface area contributed by atoms with Gasteiger partial charge in [0, 0.05) is 18.5 Å². The SMILES string of the molecule is CS(=O)(=O)c1nn2ccc[c]c2c1N. The number of nitrogens with zero attached hydrogens (tertiary/aromatic N) is 2. The van der Waals surface area contributed by atoms with Crippen LogP contribution in [0.3, 0.4) is 0 Å². The van der Waals surface area contributed by atoms with Crippen LogP contribution < -0.4 is 5.73 Å². The number of hydrogen-bond donors (Lipinski definition) is 1. The number of rotatable bonds is 1. The van der Waals surface area contributed by atoms with Gasteiger partial charge in [-0.15, -0.1) is 0 Å². The highest BCUT2D eigenvalue weighted by Gasteiger charge is 2.18. The lowest BCUT2D eigenvalue weighted by atomic mass is 10.4. The molecule has 73 valence electrons. The summed E-state index contributed by atoms with van der Waals surface area (Å²) in [7, 11) is -3.37. The van der Waals surface area contributed by atoms with Crippen molar-refractivity contribution in [3.63, 3.8) is 0 Å². The fourth-order valence-electron chi connectivity index (χ4n) is 1.20. The van der Waals surface area contributed by atoms with Crippen molar-refractivity contribution in [3.8, 4) is 0 Å². The molecule has 0 unspecified atom stereocenters. The highest BCUT2D eigenvalue weighted by Crippen LogP contribution is 2.21. The lowest BCUT2D eigenvalue weighted by Gasteiger charge is -1.91. The topological polar surface area (TPSA) is 77.5 Å². The van der Waals surface area contributed by atoms with Crippen molar-refractivity contribution < 1.29 is 8.42 Å². The van der Waals surface area contributed by atoms with Crippen LogP contribution >= 0.6 is 0 Å². The number of anilines is 1. The molecule has 0 aliphatic rings. The molecule has 0 atom stereocenters. The number of nitrogen functional groups attached to an aromatic ring is 1. The summed E-state index contributed by atoms with van der Waals surface area (Å²) >= 11 is 0. The first-order valence-corrected chi connectivity index (χ1v) is 5.74. The van der Waals surface area contributed by atoms with Crippen LogP contribution in [0.2, 0.25) is 0 Å². The van der Waals surface area contributed by atoms with Crippen LogP contribution in [0.4, 0.5) is 5.69 Å². The summed E-state index contributed by atoms with van der Waals surface area (Å²) in [5, 5.41) is 3.76. The maximum Gasteiger partial charge on any atom is 0.200 e. The first-order valence-electron chi connectivity index (χ1n) is 3.85. The summed E-state index contributed by atoms with van der Waals surface area (Å²) in [5.41, 5.74) is 6.26. The third kappa shape index (κ3) is 1.24. The van der Waals surface area contributed by atoms with Gasteiger partial charge in [0.2, 0.25) is 5.03 Å². The molecule has 0 aliphatic carbocycles. The van der Waals surface area contributed by atoms with Crippen LogP contribution in [0.15, 0.2) is 23.4 Å². The van der Waals surface area contributed by atoms with E-state index >= 15 is 0 Å². The van der Waals surface area contributed by atoms with Gasteiger partial charge in [-0.2, -0.15) is 5.10 Å². The number of aromatic nitrogens is 2. The van der Waals surface area contributed by atoms with E-state index in [1.807, 2.05) is 0 Å². The highest BCUT2D eigenvalue weighted by atomic mass is 32.2. The summed E-state index contributed by atoms with van der Waals surface area (Å²) in [5.74, 6) is 0. The predicted molar refractivity (Wildman–Crippen MR) is 51.6 cm³/mol. The van der Waals surface area contributed by atoms with Crippen molar-refractivity contribution in [1.82, 2.24) is 9.61 Å². The first-order chi connectivity index (χ1) is 6.50. The summed E-state index contributed by atoms with van der Waals surface area (Å²) in [6.45, 7) is 0. The molecule has 0 fully saturated rings. The molecule has 0 amide bonds. The largest absolute Gasteiger partial charge is 0.395 e. The molecular formula is C8H8N3O2S. The quantitative estimate of drug-likeness (QED) is 0.725. The van der Waals surface area contributed by atoms with E-state index in [-0.39, 0.29) is 10.7 Å². The number of nitrogens with two attached hydrogens (primary N) is 1. The molecule has 6 heteroatoms. The van der Waals surface area contributed by atoms with Gasteiger partial charge in [-0.1, -0.05) is 6.07 Å². The van der Waals surface area contributed by atoms with Crippen LogP contribution in [0.5, 0.6) is 0 Å². The fraction of sp³-hybridized carbons (Fsp3) is 0.125.